The molecule has 35 heavy (non-hydrogen) atoms. The van der Waals surface area contributed by atoms with Crippen molar-refractivity contribution in [3.63, 3.8) is 0 Å². The zero-order valence-electron chi connectivity index (χ0n) is 20.9. The van der Waals surface area contributed by atoms with Crippen LogP contribution in [0.3, 0.4) is 0 Å². The second-order valence-corrected chi connectivity index (χ2v) is 10.4. The lowest BCUT2D eigenvalue weighted by Crippen LogP contribution is -2.49. The number of rotatable bonds is 7. The highest BCUT2D eigenvalue weighted by molar-refractivity contribution is 5.84. The Bertz CT molecular complexity index is 1100. The first-order valence-electron chi connectivity index (χ1n) is 12.4. The summed E-state index contributed by atoms with van der Waals surface area (Å²) in [5, 5.41) is 1.32. The minimum atomic E-state index is -1.14. The van der Waals surface area contributed by atoms with Crippen LogP contribution < -0.4 is 4.74 Å². The van der Waals surface area contributed by atoms with Gasteiger partial charge >= 0.3 is 0 Å². The van der Waals surface area contributed by atoms with E-state index in [0.29, 0.717) is 24.9 Å². The fourth-order valence-corrected chi connectivity index (χ4v) is 4.91. The topological polar surface area (TPSA) is 31.5 Å². The van der Waals surface area contributed by atoms with E-state index in [1.807, 2.05) is 0 Å². The van der Waals surface area contributed by atoms with Crippen molar-refractivity contribution in [3.05, 3.63) is 65.6 Å². The summed E-state index contributed by atoms with van der Waals surface area (Å²) < 4.78 is 44.2. The molecule has 0 saturated carbocycles. The number of H-pyrrole nitrogens is 1. The molecule has 2 aromatic carbocycles. The highest BCUT2D eigenvalue weighted by atomic mass is 19.1. The van der Waals surface area contributed by atoms with Crippen molar-refractivity contribution in [2.45, 2.75) is 45.4 Å². The number of hydrogen-bond acceptors (Lipinski definition) is 3. The van der Waals surface area contributed by atoms with Gasteiger partial charge < -0.3 is 9.72 Å². The molecule has 1 fully saturated rings. The molecule has 0 radical (unpaired) electrons. The number of para-hydroxylation sites is 1. The predicted octanol–water partition coefficient (Wildman–Crippen LogP) is 5.77. The smallest absolute Gasteiger partial charge is 0.126 e. The van der Waals surface area contributed by atoms with Gasteiger partial charge in [0, 0.05) is 67.3 Å². The van der Waals surface area contributed by atoms with Gasteiger partial charge in [0.2, 0.25) is 0 Å². The number of benzene rings is 2. The van der Waals surface area contributed by atoms with E-state index in [0.717, 1.165) is 32.6 Å². The van der Waals surface area contributed by atoms with Gasteiger partial charge in [0.05, 0.1) is 6.67 Å². The van der Waals surface area contributed by atoms with E-state index >= 15 is 0 Å². The third-order valence-electron chi connectivity index (χ3n) is 6.69. The minimum Gasteiger partial charge on any atom is -0.492 e. The molecule has 1 unspecified atom stereocenters. The molecule has 0 bridgehead atoms. The first-order chi connectivity index (χ1) is 16.7. The summed E-state index contributed by atoms with van der Waals surface area (Å²) in [6, 6.07) is 14.9. The molecule has 4 nitrogen and oxygen atoms in total. The monoisotopic (exact) mass is 487 g/mol. The van der Waals surface area contributed by atoms with Gasteiger partial charge in [-0.05, 0) is 51.0 Å². The van der Waals surface area contributed by atoms with Gasteiger partial charge in [0.25, 0.3) is 0 Å². The highest BCUT2D eigenvalue weighted by Crippen LogP contribution is 2.31. The SMILES string of the molecule is CC1Cc2c([nH]c3ccccc23)CN1CC(C)(C)F.FCC1CN(CCOc2cccc(F)c2)C1. The average Bonchev–Trinajstić information content (AvgIpc) is 3.12. The Morgan fingerprint density at radius 3 is 2.60 bits per heavy atom. The number of hydrogen-bond donors (Lipinski definition) is 1. The van der Waals surface area contributed by atoms with E-state index in [2.05, 4.69) is 46.0 Å². The zero-order valence-corrected chi connectivity index (χ0v) is 20.9. The van der Waals surface area contributed by atoms with Crippen LogP contribution in [0.25, 0.3) is 10.9 Å². The molecule has 1 N–H and O–H groups in total. The Labute approximate surface area is 206 Å². The number of nitrogens with one attached hydrogen (secondary N) is 1. The van der Waals surface area contributed by atoms with Crippen LogP contribution in [0, 0.1) is 11.7 Å². The number of likely N-dealkylation sites (tertiary alicyclic amines) is 1. The van der Waals surface area contributed by atoms with Crippen molar-refractivity contribution >= 4 is 10.9 Å². The molecule has 5 rings (SSSR count). The Balaban J connectivity index is 0.000000168. The average molecular weight is 488 g/mol. The Hall–Kier alpha value is -2.51. The summed E-state index contributed by atoms with van der Waals surface area (Å²) in [5.74, 6) is 0.454. The molecule has 190 valence electrons. The summed E-state index contributed by atoms with van der Waals surface area (Å²) >= 11 is 0. The highest BCUT2D eigenvalue weighted by Gasteiger charge is 2.30. The number of ether oxygens (including phenoxy) is 1. The van der Waals surface area contributed by atoms with Crippen LogP contribution in [-0.4, -0.2) is 66.0 Å². The maximum absolute atomic E-state index is 13.9. The number of aromatic amines is 1. The molecule has 0 amide bonds. The Morgan fingerprint density at radius 1 is 1.11 bits per heavy atom. The van der Waals surface area contributed by atoms with Crippen LogP contribution in [0.15, 0.2) is 48.5 Å². The lowest BCUT2D eigenvalue weighted by molar-refractivity contribution is 0.0668. The molecule has 1 aromatic heterocycles. The van der Waals surface area contributed by atoms with E-state index in [1.165, 1.54) is 34.3 Å². The van der Waals surface area contributed by atoms with Crippen LogP contribution in [0.2, 0.25) is 0 Å². The molecule has 2 aliphatic heterocycles. The quantitative estimate of drug-likeness (QED) is 0.459. The predicted molar refractivity (Wildman–Crippen MR) is 135 cm³/mol. The second kappa shape index (κ2) is 11.0. The summed E-state index contributed by atoms with van der Waals surface area (Å²) in [5.41, 5.74) is 2.72. The molecule has 0 spiro atoms. The molecule has 3 aromatic rings. The fourth-order valence-electron chi connectivity index (χ4n) is 4.91. The van der Waals surface area contributed by atoms with Crippen molar-refractivity contribution in [3.8, 4) is 5.75 Å². The van der Waals surface area contributed by atoms with Gasteiger partial charge in [-0.1, -0.05) is 24.3 Å². The maximum atomic E-state index is 13.9. The number of aromatic nitrogens is 1. The van der Waals surface area contributed by atoms with Crippen molar-refractivity contribution in [2.24, 2.45) is 5.92 Å². The maximum Gasteiger partial charge on any atom is 0.126 e. The number of alkyl halides is 2. The first-order valence-corrected chi connectivity index (χ1v) is 12.4. The van der Waals surface area contributed by atoms with Crippen molar-refractivity contribution in [1.29, 1.82) is 0 Å². The number of fused-ring (bicyclic) bond motifs is 3. The van der Waals surface area contributed by atoms with E-state index in [9.17, 15) is 13.2 Å². The van der Waals surface area contributed by atoms with Gasteiger partial charge in [-0.15, -0.1) is 0 Å². The fraction of sp³-hybridized carbons (Fsp3) is 0.500. The molecule has 0 aliphatic carbocycles. The van der Waals surface area contributed by atoms with Crippen molar-refractivity contribution in [2.75, 3.05) is 39.5 Å². The normalized spacial score (nSPS) is 19.1. The molecule has 1 atom stereocenters. The zero-order chi connectivity index (χ0) is 25.0. The van der Waals surface area contributed by atoms with Gasteiger partial charge in [0.1, 0.15) is 23.8 Å². The molecular weight excluding hydrogens is 451 g/mol. The lowest BCUT2D eigenvalue weighted by Gasteiger charge is -2.37. The van der Waals surface area contributed by atoms with Gasteiger partial charge in [0.15, 0.2) is 0 Å². The third-order valence-corrected chi connectivity index (χ3v) is 6.69. The van der Waals surface area contributed by atoms with Crippen molar-refractivity contribution in [1.82, 2.24) is 14.8 Å². The van der Waals surface area contributed by atoms with E-state index in [4.69, 9.17) is 4.74 Å². The van der Waals surface area contributed by atoms with Gasteiger partial charge in [-0.2, -0.15) is 0 Å². The van der Waals surface area contributed by atoms with Crippen LogP contribution in [0.5, 0.6) is 5.75 Å². The van der Waals surface area contributed by atoms with Crippen molar-refractivity contribution < 1.29 is 17.9 Å². The molecule has 3 heterocycles. The van der Waals surface area contributed by atoms with E-state index in [1.54, 1.807) is 26.0 Å². The molecule has 1 saturated heterocycles. The number of halogens is 3. The first kappa shape index (κ1) is 25.6. The van der Waals surface area contributed by atoms with Crippen LogP contribution in [0.4, 0.5) is 13.2 Å². The summed E-state index contributed by atoms with van der Waals surface area (Å²) in [4.78, 5) is 7.85. The third kappa shape index (κ3) is 6.79. The Morgan fingerprint density at radius 2 is 1.89 bits per heavy atom. The van der Waals surface area contributed by atoms with Gasteiger partial charge in [-0.25, -0.2) is 8.78 Å². The summed E-state index contributed by atoms with van der Waals surface area (Å²) in [6.07, 6.45) is 0.995. The summed E-state index contributed by atoms with van der Waals surface area (Å²) in [7, 11) is 0. The van der Waals surface area contributed by atoms with E-state index in [-0.39, 0.29) is 18.4 Å². The van der Waals surface area contributed by atoms with Crippen LogP contribution >= 0.6 is 0 Å². The largest absolute Gasteiger partial charge is 0.492 e. The second-order valence-electron chi connectivity index (χ2n) is 10.4. The minimum absolute atomic E-state index is 0.203. The van der Waals surface area contributed by atoms with Gasteiger partial charge in [-0.3, -0.25) is 14.2 Å². The van der Waals surface area contributed by atoms with E-state index < -0.39 is 5.67 Å². The molecule has 2 aliphatic rings. The molecular formula is C28H36F3N3O. The summed E-state index contributed by atoms with van der Waals surface area (Å²) in [6.45, 7) is 9.47. The van der Waals surface area contributed by atoms with Crippen LogP contribution in [-0.2, 0) is 13.0 Å². The standard InChI is InChI=1S/C16H21FN2.C12H15F2NO/c1-11-8-13-12-6-4-5-7-14(12)18-15(13)9-19(11)10-16(2,3)17;13-7-10-8-15(9-10)4-5-16-12-3-1-2-11(14)6-12/h4-7,11,18H,8-10H2,1-3H3;1-3,6,10H,4-5,7-9H2. The Kier molecular flexibility index (Phi) is 8.07. The lowest BCUT2D eigenvalue weighted by atomic mass is 9.96. The number of nitrogens with zero attached hydrogens (tertiary/aromatic N) is 2. The van der Waals surface area contributed by atoms with Crippen LogP contribution in [0.1, 0.15) is 32.0 Å². The molecule has 7 heteroatoms.